The van der Waals surface area contributed by atoms with Crippen LogP contribution in [-0.2, 0) is 0 Å². The second-order valence-electron chi connectivity index (χ2n) is 4.41. The Bertz CT molecular complexity index is 328. The van der Waals surface area contributed by atoms with Crippen LogP contribution in [0.3, 0.4) is 0 Å². The third kappa shape index (κ3) is 2.12. The monoisotopic (exact) mass is 208 g/mol. The highest BCUT2D eigenvalue weighted by Crippen LogP contribution is 2.38. The Hall–Kier alpha value is -1.10. The van der Waals surface area contributed by atoms with E-state index in [4.69, 9.17) is 4.52 Å². The molecule has 2 aliphatic rings. The van der Waals surface area contributed by atoms with Crippen LogP contribution in [0.25, 0.3) is 0 Å². The lowest BCUT2D eigenvalue weighted by Gasteiger charge is -2.08. The van der Waals surface area contributed by atoms with Crippen molar-refractivity contribution < 1.29 is 4.52 Å². The van der Waals surface area contributed by atoms with E-state index < -0.39 is 0 Å². The van der Waals surface area contributed by atoms with Gasteiger partial charge < -0.3 is 15.2 Å². The summed E-state index contributed by atoms with van der Waals surface area (Å²) in [6.07, 6.45) is 4.92. The number of nitrogens with one attached hydrogen (secondary N) is 2. The largest absolute Gasteiger partial charge is 0.336 e. The molecule has 2 fully saturated rings. The van der Waals surface area contributed by atoms with Crippen LogP contribution < -0.4 is 10.6 Å². The fraction of sp³-hybridized carbons (Fsp3) is 0.800. The minimum Gasteiger partial charge on any atom is -0.336 e. The van der Waals surface area contributed by atoms with Crippen molar-refractivity contribution in [1.29, 1.82) is 0 Å². The molecule has 1 aliphatic carbocycles. The number of aromatic nitrogens is 2. The van der Waals surface area contributed by atoms with Gasteiger partial charge in [0, 0.05) is 18.5 Å². The van der Waals surface area contributed by atoms with E-state index in [0.29, 0.717) is 18.0 Å². The maximum atomic E-state index is 5.13. The minimum absolute atomic E-state index is 0.557. The maximum absolute atomic E-state index is 5.13. The SMILES string of the molecule is C1CNC(CNc2nc(C3CC3)no2)C1. The Morgan fingerprint density at radius 1 is 1.40 bits per heavy atom. The Morgan fingerprint density at radius 3 is 3.07 bits per heavy atom. The molecule has 1 aromatic rings. The van der Waals surface area contributed by atoms with Gasteiger partial charge in [0.25, 0.3) is 0 Å². The van der Waals surface area contributed by atoms with Crippen molar-refractivity contribution in [1.82, 2.24) is 15.5 Å². The third-order valence-electron chi connectivity index (χ3n) is 3.05. The second kappa shape index (κ2) is 3.81. The van der Waals surface area contributed by atoms with E-state index in [1.807, 2.05) is 0 Å². The molecule has 5 nitrogen and oxygen atoms in total. The van der Waals surface area contributed by atoms with Crippen LogP contribution >= 0.6 is 0 Å². The lowest BCUT2D eigenvalue weighted by molar-refractivity contribution is 0.420. The van der Waals surface area contributed by atoms with E-state index in [1.165, 1.54) is 25.7 Å². The van der Waals surface area contributed by atoms with Gasteiger partial charge >= 0.3 is 6.01 Å². The number of hydrogen-bond donors (Lipinski definition) is 2. The Balaban J connectivity index is 1.52. The number of anilines is 1. The van der Waals surface area contributed by atoms with Gasteiger partial charge in [0.2, 0.25) is 0 Å². The summed E-state index contributed by atoms with van der Waals surface area (Å²) in [5.74, 6) is 1.44. The molecule has 5 heteroatoms. The first kappa shape index (κ1) is 9.15. The number of hydrogen-bond acceptors (Lipinski definition) is 5. The minimum atomic E-state index is 0.557. The fourth-order valence-electron chi connectivity index (χ4n) is 1.96. The third-order valence-corrected chi connectivity index (χ3v) is 3.05. The summed E-state index contributed by atoms with van der Waals surface area (Å²) >= 11 is 0. The highest BCUT2D eigenvalue weighted by Gasteiger charge is 2.28. The quantitative estimate of drug-likeness (QED) is 0.776. The predicted molar refractivity (Wildman–Crippen MR) is 55.8 cm³/mol. The molecule has 1 saturated heterocycles. The van der Waals surface area contributed by atoms with Crippen molar-refractivity contribution >= 4 is 6.01 Å². The first-order valence-electron chi connectivity index (χ1n) is 5.72. The van der Waals surface area contributed by atoms with Crippen molar-refractivity contribution in [2.24, 2.45) is 0 Å². The van der Waals surface area contributed by atoms with E-state index in [9.17, 15) is 0 Å². The zero-order chi connectivity index (χ0) is 10.1. The highest BCUT2D eigenvalue weighted by molar-refractivity contribution is 5.21. The molecule has 0 radical (unpaired) electrons. The molecule has 2 N–H and O–H groups in total. The molecule has 3 rings (SSSR count). The van der Waals surface area contributed by atoms with E-state index in [2.05, 4.69) is 20.8 Å². The highest BCUT2D eigenvalue weighted by atomic mass is 16.5. The van der Waals surface area contributed by atoms with Crippen molar-refractivity contribution in [3.8, 4) is 0 Å². The first-order chi connectivity index (χ1) is 7.42. The van der Waals surface area contributed by atoms with Gasteiger partial charge in [0.1, 0.15) is 0 Å². The van der Waals surface area contributed by atoms with Gasteiger partial charge in [0.15, 0.2) is 5.82 Å². The van der Waals surface area contributed by atoms with Crippen LogP contribution in [0.4, 0.5) is 6.01 Å². The van der Waals surface area contributed by atoms with Crippen molar-refractivity contribution in [2.75, 3.05) is 18.4 Å². The lowest BCUT2D eigenvalue weighted by Crippen LogP contribution is -2.29. The molecule has 0 bridgehead atoms. The van der Waals surface area contributed by atoms with E-state index in [1.54, 1.807) is 0 Å². The second-order valence-corrected chi connectivity index (χ2v) is 4.41. The first-order valence-corrected chi connectivity index (χ1v) is 5.72. The van der Waals surface area contributed by atoms with Crippen LogP contribution in [0.5, 0.6) is 0 Å². The average Bonchev–Trinajstić information content (AvgIpc) is 2.82. The summed E-state index contributed by atoms with van der Waals surface area (Å²) in [5, 5.41) is 10.6. The molecular formula is C10H16N4O. The van der Waals surface area contributed by atoms with E-state index in [0.717, 1.165) is 18.9 Å². The Morgan fingerprint density at radius 2 is 2.33 bits per heavy atom. The molecule has 0 aromatic carbocycles. The van der Waals surface area contributed by atoms with Crippen molar-refractivity contribution in [2.45, 2.75) is 37.6 Å². The van der Waals surface area contributed by atoms with Crippen LogP contribution in [0.1, 0.15) is 37.4 Å². The van der Waals surface area contributed by atoms with Gasteiger partial charge in [-0.25, -0.2) is 0 Å². The average molecular weight is 208 g/mol. The molecule has 0 spiro atoms. The summed E-state index contributed by atoms with van der Waals surface area (Å²) in [7, 11) is 0. The Kier molecular flexibility index (Phi) is 2.32. The van der Waals surface area contributed by atoms with Gasteiger partial charge in [-0.2, -0.15) is 4.98 Å². The lowest BCUT2D eigenvalue weighted by atomic mass is 10.2. The molecule has 2 heterocycles. The topological polar surface area (TPSA) is 63.0 Å². The standard InChI is InChI=1S/C10H16N4O/c1-2-8(11-5-1)6-12-10-13-9(14-15-10)7-3-4-7/h7-8,11H,1-6H2,(H,12,13,14). The fourth-order valence-corrected chi connectivity index (χ4v) is 1.96. The summed E-state index contributed by atoms with van der Waals surface area (Å²) in [4.78, 5) is 4.32. The van der Waals surface area contributed by atoms with Gasteiger partial charge in [-0.1, -0.05) is 5.16 Å². The smallest absolute Gasteiger partial charge is 0.321 e. The van der Waals surface area contributed by atoms with Crippen LogP contribution in [0, 0.1) is 0 Å². The van der Waals surface area contributed by atoms with Gasteiger partial charge in [-0.15, -0.1) is 0 Å². The van der Waals surface area contributed by atoms with Crippen LogP contribution in [0.2, 0.25) is 0 Å². The van der Waals surface area contributed by atoms with Gasteiger partial charge in [0.05, 0.1) is 0 Å². The Labute approximate surface area is 88.6 Å². The summed E-state index contributed by atoms with van der Waals surface area (Å²) in [6.45, 7) is 2.01. The number of nitrogens with zero attached hydrogens (tertiary/aromatic N) is 2. The number of rotatable bonds is 4. The van der Waals surface area contributed by atoms with E-state index in [-0.39, 0.29) is 0 Å². The molecule has 15 heavy (non-hydrogen) atoms. The summed E-state index contributed by atoms with van der Waals surface area (Å²) in [5.41, 5.74) is 0. The normalized spacial score (nSPS) is 25.7. The zero-order valence-electron chi connectivity index (χ0n) is 8.70. The molecule has 1 aliphatic heterocycles. The molecule has 1 saturated carbocycles. The molecule has 82 valence electrons. The summed E-state index contributed by atoms with van der Waals surface area (Å²) < 4.78 is 5.13. The van der Waals surface area contributed by atoms with Crippen molar-refractivity contribution in [3.05, 3.63) is 5.82 Å². The maximum Gasteiger partial charge on any atom is 0.321 e. The van der Waals surface area contributed by atoms with Crippen molar-refractivity contribution in [3.63, 3.8) is 0 Å². The molecule has 1 atom stereocenters. The molecule has 0 amide bonds. The molecule has 1 aromatic heterocycles. The van der Waals surface area contributed by atoms with Gasteiger partial charge in [-0.3, -0.25) is 0 Å². The molecular weight excluding hydrogens is 192 g/mol. The molecule has 1 unspecified atom stereocenters. The summed E-state index contributed by atoms with van der Waals surface area (Å²) in [6, 6.07) is 1.13. The predicted octanol–water partition coefficient (Wildman–Crippen LogP) is 1.11. The van der Waals surface area contributed by atoms with Crippen LogP contribution in [0.15, 0.2) is 4.52 Å². The zero-order valence-corrected chi connectivity index (χ0v) is 8.70. The van der Waals surface area contributed by atoms with E-state index >= 15 is 0 Å². The van der Waals surface area contributed by atoms with Gasteiger partial charge in [-0.05, 0) is 32.2 Å². The van der Waals surface area contributed by atoms with Crippen LogP contribution in [-0.4, -0.2) is 29.3 Å².